The Balaban J connectivity index is 0.000000141. The minimum atomic E-state index is 0.119. The molecule has 0 aliphatic rings. The number of nitrogens with one attached hydrogen (secondary N) is 4. The molecule has 618 valence electrons. The first-order valence-electron chi connectivity index (χ1n) is 41.8. The van der Waals surface area contributed by atoms with Gasteiger partial charge in [0.05, 0.1) is 7.11 Å². The molecule has 0 aliphatic heterocycles. The Morgan fingerprint density at radius 2 is 0.415 bits per heavy atom. The summed E-state index contributed by atoms with van der Waals surface area (Å²) in [6, 6.07) is 102. The number of benzene rings is 12. The molecule has 12 aromatic carbocycles. The van der Waals surface area contributed by atoms with Crippen molar-refractivity contribution in [3.63, 3.8) is 0 Å². The van der Waals surface area contributed by atoms with Crippen LogP contribution in [-0.4, -0.2) is 66.9 Å². The van der Waals surface area contributed by atoms with E-state index in [0.717, 1.165) is 75.1 Å². The summed E-state index contributed by atoms with van der Waals surface area (Å²) in [5, 5.41) is 13.4. The van der Waals surface area contributed by atoms with Crippen LogP contribution in [0.1, 0.15) is 168 Å². The Labute approximate surface area is 724 Å². The fourth-order valence-corrected chi connectivity index (χ4v) is 14.2. The van der Waals surface area contributed by atoms with Gasteiger partial charge in [-0.3, -0.25) is 0 Å². The van der Waals surface area contributed by atoms with Crippen molar-refractivity contribution in [3.05, 3.63) is 444 Å². The van der Waals surface area contributed by atoms with Crippen LogP contribution in [-0.2, 0) is 56.8 Å². The third-order valence-corrected chi connectivity index (χ3v) is 20.2. The van der Waals surface area contributed by atoms with Crippen LogP contribution in [0.2, 0.25) is 0 Å². The first-order valence-corrected chi connectivity index (χ1v) is 41.8. The monoisotopic (exact) mass is 1620 g/mol. The third-order valence-electron chi connectivity index (χ3n) is 20.2. The number of hydrogen-bond donors (Lipinski definition) is 4. The molecule has 0 radical (unpaired) electrons. The Morgan fingerprint density at radius 1 is 0.211 bits per heavy atom. The fourth-order valence-electron chi connectivity index (χ4n) is 14.2. The molecule has 0 spiro atoms. The van der Waals surface area contributed by atoms with Gasteiger partial charge >= 0.3 is 0 Å². The summed E-state index contributed by atoms with van der Waals surface area (Å²) >= 11 is 0. The van der Waals surface area contributed by atoms with Gasteiger partial charge in [0.2, 0.25) is 23.8 Å². The van der Waals surface area contributed by atoms with Gasteiger partial charge in [-0.2, -0.15) is 39.9 Å². The van der Waals surface area contributed by atoms with E-state index < -0.39 is 0 Å². The number of methoxy groups -OCH3 is 1. The third kappa shape index (κ3) is 27.9. The van der Waals surface area contributed by atoms with E-state index in [1.54, 1.807) is 7.11 Å². The van der Waals surface area contributed by atoms with E-state index in [-0.39, 0.29) is 5.41 Å². The lowest BCUT2D eigenvalue weighted by Crippen LogP contribution is -2.11. The van der Waals surface area contributed by atoms with E-state index in [9.17, 15) is 0 Å². The molecule has 4 N–H and O–H groups in total. The SMILES string of the molecule is COc1ccc(Nc2nc(Cc3cccc(C)c3)nc(Cc3cccc(C)c3)n2)cc1.Cc1ccc(Nc2nc(Cc3cccc(C)c3)nc(Cc3cccc(C)c3)n2)cc1.Cc1cccc(Cc2nc(Cc3cccc(C)c3)nc(Nc3ccc(C(C)(C)C)cc3)n2)c1.Cc1cccc(Cc2nc(Cc3cccc(C)c3)nc(Nc3ccccc3)n2)c1. The molecule has 0 aliphatic carbocycles. The van der Waals surface area contributed by atoms with E-state index in [1.807, 2.05) is 66.7 Å². The van der Waals surface area contributed by atoms with Crippen LogP contribution < -0.4 is 26.0 Å². The first kappa shape index (κ1) is 86.5. The highest BCUT2D eigenvalue weighted by atomic mass is 16.5. The van der Waals surface area contributed by atoms with E-state index in [0.29, 0.717) is 75.2 Å². The van der Waals surface area contributed by atoms with Crippen LogP contribution >= 0.6 is 0 Å². The molecule has 0 amide bonds. The van der Waals surface area contributed by atoms with Crippen molar-refractivity contribution in [3.8, 4) is 5.75 Å². The summed E-state index contributed by atoms with van der Waals surface area (Å²) in [7, 11) is 1.66. The minimum Gasteiger partial charge on any atom is -0.497 e. The van der Waals surface area contributed by atoms with E-state index >= 15 is 0 Å². The maximum atomic E-state index is 5.24. The molecule has 16 rings (SSSR count). The van der Waals surface area contributed by atoms with Crippen molar-refractivity contribution in [2.75, 3.05) is 28.4 Å². The van der Waals surface area contributed by atoms with Crippen LogP contribution in [0.4, 0.5) is 46.5 Å². The van der Waals surface area contributed by atoms with E-state index in [2.05, 4.69) is 345 Å². The Morgan fingerprint density at radius 3 is 0.618 bits per heavy atom. The second-order valence-corrected chi connectivity index (χ2v) is 32.6. The molecule has 17 heteroatoms. The van der Waals surface area contributed by atoms with Crippen molar-refractivity contribution < 1.29 is 4.74 Å². The normalized spacial score (nSPS) is 10.9. The van der Waals surface area contributed by atoms with Crippen LogP contribution in [0.5, 0.6) is 5.75 Å². The van der Waals surface area contributed by atoms with E-state index in [1.165, 1.54) is 100 Å². The molecular formula is C106H108N16O. The fraction of sp³-hybridized carbons (Fsp3) is 0.208. The molecule has 17 nitrogen and oxygen atoms in total. The maximum Gasteiger partial charge on any atom is 0.230 e. The molecule has 123 heavy (non-hydrogen) atoms. The maximum absolute atomic E-state index is 5.24. The molecule has 0 saturated heterocycles. The van der Waals surface area contributed by atoms with Crippen molar-refractivity contribution in [2.24, 2.45) is 0 Å². The van der Waals surface area contributed by atoms with Gasteiger partial charge in [0.15, 0.2) is 0 Å². The van der Waals surface area contributed by atoms with Crippen LogP contribution in [0.3, 0.4) is 0 Å². The lowest BCUT2D eigenvalue weighted by atomic mass is 9.87. The largest absolute Gasteiger partial charge is 0.497 e. The Hall–Kier alpha value is -14.3. The molecule has 0 unspecified atom stereocenters. The topological polar surface area (TPSA) is 212 Å². The van der Waals surface area contributed by atoms with Gasteiger partial charge in [0.1, 0.15) is 52.3 Å². The van der Waals surface area contributed by atoms with Gasteiger partial charge < -0.3 is 26.0 Å². The van der Waals surface area contributed by atoms with Crippen LogP contribution in [0, 0.1) is 62.3 Å². The van der Waals surface area contributed by atoms with Gasteiger partial charge in [-0.1, -0.05) is 307 Å². The molecule has 0 atom stereocenters. The number of hydrogen-bond acceptors (Lipinski definition) is 17. The molecule has 0 bridgehead atoms. The summed E-state index contributed by atoms with van der Waals surface area (Å²) in [5.74, 6) is 9.22. The smallest absolute Gasteiger partial charge is 0.230 e. The molecule has 16 aromatic rings. The van der Waals surface area contributed by atoms with Crippen molar-refractivity contribution in [1.29, 1.82) is 0 Å². The first-order chi connectivity index (χ1) is 59.5. The van der Waals surface area contributed by atoms with Gasteiger partial charge in [-0.05, 0) is 178 Å². The average Bonchev–Trinajstić information content (AvgIpc) is 0.850. The molecule has 4 heterocycles. The van der Waals surface area contributed by atoms with Crippen molar-refractivity contribution in [2.45, 2.75) is 140 Å². The predicted molar refractivity (Wildman–Crippen MR) is 500 cm³/mol. The van der Waals surface area contributed by atoms with E-state index in [4.69, 9.17) is 54.6 Å². The second kappa shape index (κ2) is 42.1. The quantitative estimate of drug-likeness (QED) is 0.0419. The zero-order valence-electron chi connectivity index (χ0n) is 72.7. The summed E-state index contributed by atoms with van der Waals surface area (Å²) in [6.07, 6.45) is 5.35. The number of anilines is 8. The minimum absolute atomic E-state index is 0.119. The lowest BCUT2D eigenvalue weighted by molar-refractivity contribution is 0.415. The lowest BCUT2D eigenvalue weighted by Gasteiger charge is -2.19. The highest BCUT2D eigenvalue weighted by Crippen LogP contribution is 2.28. The molecule has 0 saturated carbocycles. The summed E-state index contributed by atoms with van der Waals surface area (Å²) in [5.41, 5.74) is 25.8. The standard InChI is InChI=1S/C29H32N4.C26H26N4O.C26H26N4.C25H24N4/c1-20-8-6-10-22(16-20)18-26-31-27(19-23-11-7-9-21(2)17-23)33-28(32-26)30-25-14-12-24(13-15-25)29(3,4)5;1-18-6-4-8-20(14-18)16-24-28-25(17-21-9-5-7-19(2)15-21)30-26(29-24)27-22-10-12-23(31-3)13-11-22;1-18-10-12-23(13-11-18)27-26-29-24(16-21-8-4-6-19(2)14-21)28-25(30-26)17-22-9-5-7-20(3)15-22;1-18-8-6-10-20(14-18)16-23-27-24(17-21-11-7-9-19(2)15-21)29-25(28-23)26-22-12-4-3-5-13-22/h6-17H,18-19H2,1-5H3,(H,30,31,32,33);4-15H,16-17H2,1-3H3,(H,27,28,29,30);4-15H,16-17H2,1-3H3,(H,27,28,29,30);3-15H,16-17H2,1-2H3,(H,26,27,28,29). The van der Waals surface area contributed by atoms with Crippen molar-refractivity contribution in [1.82, 2.24) is 59.8 Å². The van der Waals surface area contributed by atoms with Gasteiger partial charge in [-0.15, -0.1) is 0 Å². The highest BCUT2D eigenvalue weighted by molar-refractivity contribution is 5.58. The van der Waals surface area contributed by atoms with Crippen molar-refractivity contribution >= 4 is 46.5 Å². The molecule has 0 fully saturated rings. The van der Waals surface area contributed by atoms with Gasteiger partial charge in [0.25, 0.3) is 0 Å². The summed E-state index contributed by atoms with van der Waals surface area (Å²) in [6.45, 7) is 25.5. The van der Waals surface area contributed by atoms with Crippen LogP contribution in [0.25, 0.3) is 0 Å². The van der Waals surface area contributed by atoms with Crippen LogP contribution in [0.15, 0.2) is 297 Å². The zero-order chi connectivity index (χ0) is 86.0. The number of aromatic nitrogens is 12. The Bertz CT molecular complexity index is 5910. The average molecular weight is 1620 g/mol. The number of nitrogens with zero attached hydrogens (tertiary/aromatic N) is 12. The summed E-state index contributed by atoms with van der Waals surface area (Å²) in [4.78, 5) is 56.8. The summed E-state index contributed by atoms with van der Waals surface area (Å²) < 4.78 is 5.24. The number of rotatable bonds is 25. The highest BCUT2D eigenvalue weighted by Gasteiger charge is 2.18. The number of para-hydroxylation sites is 1. The number of aryl methyl sites for hydroxylation is 9. The molecular weight excluding hydrogens is 1510 g/mol. The Kier molecular flexibility index (Phi) is 29.6. The predicted octanol–water partition coefficient (Wildman–Crippen LogP) is 23.3. The second-order valence-electron chi connectivity index (χ2n) is 32.6. The number of ether oxygens (including phenoxy) is 1. The zero-order valence-corrected chi connectivity index (χ0v) is 72.7. The van der Waals surface area contributed by atoms with Gasteiger partial charge in [-0.25, -0.2) is 19.9 Å². The molecule has 4 aromatic heterocycles. The van der Waals surface area contributed by atoms with Gasteiger partial charge in [0, 0.05) is 74.1 Å².